The number of nitrogens with zero attached hydrogens (tertiary/aromatic N) is 1. The van der Waals surface area contributed by atoms with Crippen LogP contribution in [0.4, 0.5) is 11.4 Å². The monoisotopic (exact) mass is 289 g/mol. The van der Waals surface area contributed by atoms with Gasteiger partial charge in [0.2, 0.25) is 0 Å². The molecule has 2 aromatic rings. The lowest BCUT2D eigenvalue weighted by molar-refractivity contribution is 0.0697. The third-order valence-corrected chi connectivity index (χ3v) is 3.38. The van der Waals surface area contributed by atoms with Gasteiger partial charge in [-0.2, -0.15) is 0 Å². The molecule has 4 heteroatoms. The standard InChI is InChI=1S/C16H16ClNO2/c1-3-18(13-7-4-11(2)5-8-13)15-9-6-12(17)10-14(15)16(19)20/h4-10H,3H2,1-2H3,(H,19,20). The third-order valence-electron chi connectivity index (χ3n) is 3.14. The van der Waals surface area contributed by atoms with Crippen LogP contribution in [0.15, 0.2) is 42.5 Å². The van der Waals surface area contributed by atoms with E-state index >= 15 is 0 Å². The van der Waals surface area contributed by atoms with E-state index < -0.39 is 5.97 Å². The molecule has 0 amide bonds. The van der Waals surface area contributed by atoms with E-state index in [1.54, 1.807) is 12.1 Å². The van der Waals surface area contributed by atoms with Crippen molar-refractivity contribution in [1.82, 2.24) is 0 Å². The van der Waals surface area contributed by atoms with Gasteiger partial charge in [-0.1, -0.05) is 29.3 Å². The normalized spacial score (nSPS) is 10.3. The van der Waals surface area contributed by atoms with Crippen LogP contribution in [0.25, 0.3) is 0 Å². The molecule has 0 radical (unpaired) electrons. The summed E-state index contributed by atoms with van der Waals surface area (Å²) in [5, 5.41) is 9.76. The van der Waals surface area contributed by atoms with E-state index in [0.717, 1.165) is 5.69 Å². The first-order valence-corrected chi connectivity index (χ1v) is 6.77. The summed E-state index contributed by atoms with van der Waals surface area (Å²) in [6.45, 7) is 4.68. The third kappa shape index (κ3) is 2.94. The first-order valence-electron chi connectivity index (χ1n) is 6.40. The van der Waals surface area contributed by atoms with Gasteiger partial charge in [0.15, 0.2) is 0 Å². The quantitative estimate of drug-likeness (QED) is 0.900. The number of hydrogen-bond donors (Lipinski definition) is 1. The first kappa shape index (κ1) is 14.4. The van der Waals surface area contributed by atoms with E-state index in [2.05, 4.69) is 0 Å². The van der Waals surface area contributed by atoms with E-state index in [9.17, 15) is 9.90 Å². The van der Waals surface area contributed by atoms with Crippen LogP contribution >= 0.6 is 11.6 Å². The summed E-state index contributed by atoms with van der Waals surface area (Å²) in [6, 6.07) is 12.9. The second kappa shape index (κ2) is 5.97. The zero-order chi connectivity index (χ0) is 14.7. The van der Waals surface area contributed by atoms with Crippen LogP contribution in [-0.4, -0.2) is 17.6 Å². The zero-order valence-corrected chi connectivity index (χ0v) is 12.2. The second-order valence-electron chi connectivity index (χ2n) is 4.55. The molecule has 0 fully saturated rings. The maximum Gasteiger partial charge on any atom is 0.337 e. The molecule has 3 nitrogen and oxygen atoms in total. The molecule has 0 aliphatic rings. The predicted octanol–water partition coefficient (Wildman–Crippen LogP) is 4.50. The number of carbonyl (C=O) groups is 1. The minimum absolute atomic E-state index is 0.208. The Bertz CT molecular complexity index is 623. The maximum atomic E-state index is 11.4. The Morgan fingerprint density at radius 3 is 2.40 bits per heavy atom. The van der Waals surface area contributed by atoms with Gasteiger partial charge in [-0.05, 0) is 44.2 Å². The van der Waals surface area contributed by atoms with Gasteiger partial charge in [-0.25, -0.2) is 4.79 Å². The number of carboxylic acid groups (broad SMARTS) is 1. The Morgan fingerprint density at radius 2 is 1.85 bits per heavy atom. The van der Waals surface area contributed by atoms with Crippen LogP contribution in [0, 0.1) is 6.92 Å². The fourth-order valence-electron chi connectivity index (χ4n) is 2.13. The molecule has 1 N–H and O–H groups in total. The lowest BCUT2D eigenvalue weighted by Crippen LogP contribution is -2.19. The number of rotatable bonds is 4. The number of anilines is 2. The molecule has 0 atom stereocenters. The van der Waals surface area contributed by atoms with Crippen LogP contribution in [-0.2, 0) is 0 Å². The van der Waals surface area contributed by atoms with Gasteiger partial charge in [-0.15, -0.1) is 0 Å². The van der Waals surface area contributed by atoms with Gasteiger partial charge >= 0.3 is 5.97 Å². The summed E-state index contributed by atoms with van der Waals surface area (Å²) >= 11 is 5.89. The number of aryl methyl sites for hydroxylation is 1. The molecule has 0 aliphatic carbocycles. The van der Waals surface area contributed by atoms with Crippen molar-refractivity contribution in [2.75, 3.05) is 11.4 Å². The number of halogens is 1. The first-order chi connectivity index (χ1) is 9.52. The van der Waals surface area contributed by atoms with Gasteiger partial charge in [0.05, 0.1) is 11.3 Å². The van der Waals surface area contributed by atoms with Crippen molar-refractivity contribution in [3.8, 4) is 0 Å². The van der Waals surface area contributed by atoms with E-state index in [4.69, 9.17) is 11.6 Å². The second-order valence-corrected chi connectivity index (χ2v) is 4.98. The van der Waals surface area contributed by atoms with Crippen molar-refractivity contribution in [2.24, 2.45) is 0 Å². The Labute approximate surface area is 123 Å². The number of carboxylic acids is 1. The summed E-state index contributed by atoms with van der Waals surface area (Å²) in [5.41, 5.74) is 2.98. The Morgan fingerprint density at radius 1 is 1.20 bits per heavy atom. The summed E-state index contributed by atoms with van der Waals surface area (Å²) in [7, 11) is 0. The van der Waals surface area contributed by atoms with Gasteiger partial charge in [0, 0.05) is 17.3 Å². The highest BCUT2D eigenvalue weighted by Crippen LogP contribution is 2.30. The van der Waals surface area contributed by atoms with E-state index in [0.29, 0.717) is 17.3 Å². The van der Waals surface area contributed by atoms with Crippen molar-refractivity contribution in [3.05, 3.63) is 58.6 Å². The SMILES string of the molecule is CCN(c1ccc(C)cc1)c1ccc(Cl)cc1C(=O)O. The molecule has 20 heavy (non-hydrogen) atoms. The molecular weight excluding hydrogens is 274 g/mol. The highest BCUT2D eigenvalue weighted by atomic mass is 35.5. The number of aromatic carboxylic acids is 1. The van der Waals surface area contributed by atoms with Gasteiger partial charge < -0.3 is 10.0 Å². The summed E-state index contributed by atoms with van der Waals surface area (Å²) < 4.78 is 0. The molecule has 0 unspecified atom stereocenters. The lowest BCUT2D eigenvalue weighted by atomic mass is 10.1. The fourth-order valence-corrected chi connectivity index (χ4v) is 2.30. The average molecular weight is 290 g/mol. The minimum atomic E-state index is -0.979. The topological polar surface area (TPSA) is 40.5 Å². The molecule has 0 spiro atoms. The smallest absolute Gasteiger partial charge is 0.337 e. The zero-order valence-electron chi connectivity index (χ0n) is 11.4. The van der Waals surface area contributed by atoms with Gasteiger partial charge in [0.1, 0.15) is 0 Å². The van der Waals surface area contributed by atoms with E-state index in [-0.39, 0.29) is 5.56 Å². The summed E-state index contributed by atoms with van der Waals surface area (Å²) in [4.78, 5) is 13.4. The van der Waals surface area contributed by atoms with E-state index in [1.165, 1.54) is 11.6 Å². The number of benzene rings is 2. The van der Waals surface area contributed by atoms with Crippen LogP contribution in [0.5, 0.6) is 0 Å². The molecular formula is C16H16ClNO2. The molecule has 0 saturated heterocycles. The van der Waals surface area contributed by atoms with E-state index in [1.807, 2.05) is 43.0 Å². The molecule has 0 saturated carbocycles. The van der Waals surface area contributed by atoms with Crippen molar-refractivity contribution < 1.29 is 9.90 Å². The van der Waals surface area contributed by atoms with Crippen molar-refractivity contribution in [3.63, 3.8) is 0 Å². The Balaban J connectivity index is 2.51. The largest absolute Gasteiger partial charge is 0.478 e. The molecule has 0 aliphatic heterocycles. The average Bonchev–Trinajstić information content (AvgIpc) is 2.43. The predicted molar refractivity (Wildman–Crippen MR) is 82.3 cm³/mol. The molecule has 0 heterocycles. The lowest BCUT2D eigenvalue weighted by Gasteiger charge is -2.25. The van der Waals surface area contributed by atoms with Gasteiger partial charge in [0.25, 0.3) is 0 Å². The van der Waals surface area contributed by atoms with Crippen molar-refractivity contribution in [1.29, 1.82) is 0 Å². The molecule has 2 rings (SSSR count). The Hall–Kier alpha value is -2.00. The summed E-state index contributed by atoms with van der Waals surface area (Å²) in [5.74, 6) is -0.979. The Kier molecular flexibility index (Phi) is 4.30. The minimum Gasteiger partial charge on any atom is -0.478 e. The maximum absolute atomic E-state index is 11.4. The molecule has 104 valence electrons. The molecule has 2 aromatic carbocycles. The summed E-state index contributed by atoms with van der Waals surface area (Å²) in [6.07, 6.45) is 0. The van der Waals surface area contributed by atoms with Crippen LogP contribution in [0.3, 0.4) is 0 Å². The van der Waals surface area contributed by atoms with Crippen LogP contribution < -0.4 is 4.90 Å². The van der Waals surface area contributed by atoms with Crippen LogP contribution in [0.1, 0.15) is 22.8 Å². The molecule has 0 bridgehead atoms. The molecule has 0 aromatic heterocycles. The highest BCUT2D eigenvalue weighted by Gasteiger charge is 2.16. The van der Waals surface area contributed by atoms with Gasteiger partial charge in [-0.3, -0.25) is 0 Å². The number of hydrogen-bond acceptors (Lipinski definition) is 2. The highest BCUT2D eigenvalue weighted by molar-refractivity contribution is 6.31. The van der Waals surface area contributed by atoms with Crippen molar-refractivity contribution >= 4 is 28.9 Å². The van der Waals surface area contributed by atoms with Crippen LogP contribution in [0.2, 0.25) is 5.02 Å². The fraction of sp³-hybridized carbons (Fsp3) is 0.188. The van der Waals surface area contributed by atoms with Crippen molar-refractivity contribution in [2.45, 2.75) is 13.8 Å².